The fraction of sp³-hybridized carbons (Fsp3) is 0.643. The van der Waals surface area contributed by atoms with Crippen molar-refractivity contribution in [1.82, 2.24) is 10.2 Å². The quantitative estimate of drug-likeness (QED) is 0.298. The number of carbonyl (C=O) groups excluding carboxylic acids is 2. The van der Waals surface area contributed by atoms with Gasteiger partial charge in [0.25, 0.3) is 5.91 Å². The van der Waals surface area contributed by atoms with E-state index in [1.165, 1.54) is 0 Å². The molecule has 39 heavy (non-hydrogen) atoms. The Balaban J connectivity index is 1.43. The summed E-state index contributed by atoms with van der Waals surface area (Å²) >= 11 is 0. The average Bonchev–Trinajstić information content (AvgIpc) is 3.59. The number of benzene rings is 1. The van der Waals surface area contributed by atoms with E-state index in [-0.39, 0.29) is 49.4 Å². The maximum atomic E-state index is 13.1. The van der Waals surface area contributed by atoms with Gasteiger partial charge in [0, 0.05) is 51.1 Å². The van der Waals surface area contributed by atoms with E-state index >= 15 is 0 Å². The molecule has 3 heterocycles. The van der Waals surface area contributed by atoms with E-state index in [1.807, 2.05) is 36.1 Å². The third kappa shape index (κ3) is 8.07. The Hall–Kier alpha value is -2.86. The van der Waals surface area contributed by atoms with Gasteiger partial charge in [-0.1, -0.05) is 6.07 Å². The molecule has 0 aromatic heterocycles. The second kappa shape index (κ2) is 15.1. The summed E-state index contributed by atoms with van der Waals surface area (Å²) in [5, 5.41) is 11.8. The Morgan fingerprint density at radius 2 is 1.97 bits per heavy atom. The number of aliphatic hydroxyl groups is 1. The fourth-order valence-corrected chi connectivity index (χ4v) is 5.04. The summed E-state index contributed by atoms with van der Waals surface area (Å²) in [6.45, 7) is 5.87. The molecule has 1 aromatic rings. The standard InChI is InChI=1S/C28H40N2O9/c1-2-36-28-21(8-13-34-15-16-35-14-12-31)22(20-6-7-23-24(17-20)38-19-37-23)18-25(39-28)27(33)29-9-4-11-30-10-3-5-26(30)32/h6-7,17-18,21-22,28,31H,2-5,8-16,19H2,1H3,(H,29,33)/t21-,22-,28-/m1/s1. The predicted molar refractivity (Wildman–Crippen MR) is 140 cm³/mol. The summed E-state index contributed by atoms with van der Waals surface area (Å²) in [4.78, 5) is 26.8. The van der Waals surface area contributed by atoms with Crippen molar-refractivity contribution in [3.05, 3.63) is 35.6 Å². The highest BCUT2D eigenvalue weighted by Gasteiger charge is 2.38. The number of aliphatic hydroxyl groups excluding tert-OH is 1. The van der Waals surface area contributed by atoms with Crippen LogP contribution in [-0.2, 0) is 28.5 Å². The van der Waals surface area contributed by atoms with Crippen molar-refractivity contribution in [2.24, 2.45) is 5.92 Å². The molecule has 11 nitrogen and oxygen atoms in total. The number of rotatable bonds is 16. The van der Waals surface area contributed by atoms with Crippen molar-refractivity contribution in [2.45, 2.75) is 44.8 Å². The summed E-state index contributed by atoms with van der Waals surface area (Å²) in [5.41, 5.74) is 0.960. The Morgan fingerprint density at radius 1 is 1.15 bits per heavy atom. The molecule has 2 amide bonds. The van der Waals surface area contributed by atoms with E-state index in [0.717, 1.165) is 18.5 Å². The zero-order valence-electron chi connectivity index (χ0n) is 22.6. The Morgan fingerprint density at radius 3 is 2.74 bits per heavy atom. The number of carbonyl (C=O) groups is 2. The van der Waals surface area contributed by atoms with E-state index < -0.39 is 6.29 Å². The van der Waals surface area contributed by atoms with E-state index in [4.69, 9.17) is 33.5 Å². The number of ether oxygens (including phenoxy) is 6. The SMILES string of the molecule is CCO[C@@H]1OC(C(=O)NCCCN2CCCC2=O)=C[C@H](c2ccc3c(c2)OCO3)[C@H]1CCOCCOCCO. The molecule has 0 spiro atoms. The molecule has 216 valence electrons. The Kier molecular flexibility index (Phi) is 11.3. The third-order valence-corrected chi connectivity index (χ3v) is 6.99. The molecular weight excluding hydrogens is 508 g/mol. The van der Waals surface area contributed by atoms with Crippen LogP contribution in [0, 0.1) is 5.92 Å². The van der Waals surface area contributed by atoms with E-state index in [0.29, 0.717) is 70.3 Å². The van der Waals surface area contributed by atoms with Gasteiger partial charge in [0.15, 0.2) is 17.3 Å². The lowest BCUT2D eigenvalue weighted by atomic mass is 9.81. The van der Waals surface area contributed by atoms with Crippen LogP contribution < -0.4 is 14.8 Å². The van der Waals surface area contributed by atoms with Gasteiger partial charge < -0.3 is 43.7 Å². The zero-order valence-corrected chi connectivity index (χ0v) is 22.6. The number of nitrogens with one attached hydrogen (secondary N) is 1. The number of allylic oxidation sites excluding steroid dienone is 1. The number of amides is 2. The number of hydrogen-bond acceptors (Lipinski definition) is 9. The van der Waals surface area contributed by atoms with E-state index in [9.17, 15) is 9.59 Å². The second-order valence-corrected chi connectivity index (χ2v) is 9.61. The van der Waals surface area contributed by atoms with Crippen molar-refractivity contribution < 1.29 is 43.1 Å². The van der Waals surface area contributed by atoms with Crippen molar-refractivity contribution >= 4 is 11.8 Å². The van der Waals surface area contributed by atoms with Gasteiger partial charge in [-0.25, -0.2) is 0 Å². The normalized spacial score (nSPS) is 22.1. The number of likely N-dealkylation sites (tertiary alicyclic amines) is 1. The van der Waals surface area contributed by atoms with Gasteiger partial charge in [-0.05, 0) is 50.0 Å². The van der Waals surface area contributed by atoms with E-state index in [1.54, 1.807) is 0 Å². The molecule has 0 saturated carbocycles. The maximum Gasteiger partial charge on any atom is 0.286 e. The lowest BCUT2D eigenvalue weighted by Gasteiger charge is -2.37. The first-order valence-electron chi connectivity index (χ1n) is 13.8. The summed E-state index contributed by atoms with van der Waals surface area (Å²) in [6, 6.07) is 5.79. The lowest BCUT2D eigenvalue weighted by molar-refractivity contribution is -0.168. The van der Waals surface area contributed by atoms with Gasteiger partial charge in [-0.15, -0.1) is 0 Å². The molecule has 0 bridgehead atoms. The smallest absolute Gasteiger partial charge is 0.286 e. The Bertz CT molecular complexity index is 986. The zero-order chi connectivity index (χ0) is 27.5. The first kappa shape index (κ1) is 29.1. The van der Waals surface area contributed by atoms with Crippen molar-refractivity contribution in [2.75, 3.05) is 66.1 Å². The van der Waals surface area contributed by atoms with Gasteiger partial charge in [0.2, 0.25) is 19.0 Å². The molecule has 3 atom stereocenters. The molecule has 0 aliphatic carbocycles. The van der Waals surface area contributed by atoms with Crippen LogP contribution in [0.4, 0.5) is 0 Å². The summed E-state index contributed by atoms with van der Waals surface area (Å²) in [6.07, 6.45) is 4.01. The summed E-state index contributed by atoms with van der Waals surface area (Å²) in [7, 11) is 0. The van der Waals surface area contributed by atoms with Crippen LogP contribution in [0.3, 0.4) is 0 Å². The molecular formula is C28H40N2O9. The van der Waals surface area contributed by atoms with Crippen LogP contribution in [0.1, 0.15) is 44.1 Å². The summed E-state index contributed by atoms with van der Waals surface area (Å²) in [5.74, 6) is 1.12. The second-order valence-electron chi connectivity index (χ2n) is 9.61. The summed E-state index contributed by atoms with van der Waals surface area (Å²) < 4.78 is 34.2. The minimum atomic E-state index is -0.646. The molecule has 1 fully saturated rings. The van der Waals surface area contributed by atoms with Crippen LogP contribution in [0.2, 0.25) is 0 Å². The first-order valence-corrected chi connectivity index (χ1v) is 13.8. The lowest BCUT2D eigenvalue weighted by Crippen LogP contribution is -2.40. The van der Waals surface area contributed by atoms with Crippen molar-refractivity contribution in [3.8, 4) is 11.5 Å². The first-order chi connectivity index (χ1) is 19.1. The molecule has 3 aliphatic rings. The van der Waals surface area contributed by atoms with Gasteiger partial charge in [0.05, 0.1) is 26.4 Å². The highest BCUT2D eigenvalue weighted by molar-refractivity contribution is 5.91. The molecule has 11 heteroatoms. The molecule has 1 saturated heterocycles. The topological polar surface area (TPSA) is 125 Å². The van der Waals surface area contributed by atoms with Crippen LogP contribution in [-0.4, -0.2) is 94.2 Å². The highest BCUT2D eigenvalue weighted by atomic mass is 16.7. The van der Waals surface area contributed by atoms with Crippen LogP contribution >= 0.6 is 0 Å². The molecule has 1 aromatic carbocycles. The monoisotopic (exact) mass is 548 g/mol. The van der Waals surface area contributed by atoms with Crippen LogP contribution in [0.5, 0.6) is 11.5 Å². The maximum absolute atomic E-state index is 13.1. The fourth-order valence-electron chi connectivity index (χ4n) is 5.04. The molecule has 0 radical (unpaired) electrons. The molecule has 3 aliphatic heterocycles. The van der Waals surface area contributed by atoms with Gasteiger partial charge in [0.1, 0.15) is 0 Å². The Labute approximate surface area is 229 Å². The van der Waals surface area contributed by atoms with Crippen molar-refractivity contribution in [3.63, 3.8) is 0 Å². The largest absolute Gasteiger partial charge is 0.459 e. The van der Waals surface area contributed by atoms with Crippen LogP contribution in [0.25, 0.3) is 0 Å². The minimum Gasteiger partial charge on any atom is -0.459 e. The number of fused-ring (bicyclic) bond motifs is 1. The average molecular weight is 549 g/mol. The molecule has 2 N–H and O–H groups in total. The van der Waals surface area contributed by atoms with Crippen LogP contribution in [0.15, 0.2) is 30.0 Å². The van der Waals surface area contributed by atoms with Gasteiger partial charge in [-0.2, -0.15) is 0 Å². The number of nitrogens with zero attached hydrogens (tertiary/aromatic N) is 1. The predicted octanol–water partition coefficient (Wildman–Crippen LogP) is 1.94. The highest BCUT2D eigenvalue weighted by Crippen LogP contribution is 2.42. The van der Waals surface area contributed by atoms with Gasteiger partial charge >= 0.3 is 0 Å². The molecule has 0 unspecified atom stereocenters. The van der Waals surface area contributed by atoms with Crippen molar-refractivity contribution in [1.29, 1.82) is 0 Å². The van der Waals surface area contributed by atoms with Gasteiger partial charge in [-0.3, -0.25) is 9.59 Å². The number of hydrogen-bond donors (Lipinski definition) is 2. The van der Waals surface area contributed by atoms with E-state index in [2.05, 4.69) is 5.32 Å². The molecule has 4 rings (SSSR count). The third-order valence-electron chi connectivity index (χ3n) is 6.99. The minimum absolute atomic E-state index is 0.0208.